The molecule has 3 heterocycles. The number of aldehydes is 1. The maximum atomic E-state index is 10.7. The van der Waals surface area contributed by atoms with E-state index in [9.17, 15) is 4.79 Å². The van der Waals surface area contributed by atoms with Crippen LogP contribution in [0.2, 0.25) is 0 Å². The van der Waals surface area contributed by atoms with Crippen molar-refractivity contribution in [2.75, 3.05) is 18.0 Å². The molecule has 3 aliphatic heterocycles. The summed E-state index contributed by atoms with van der Waals surface area (Å²) in [4.78, 5) is 13.1. The lowest BCUT2D eigenvalue weighted by molar-refractivity contribution is 0.112. The molecule has 1 aromatic rings. The van der Waals surface area contributed by atoms with Crippen LogP contribution in [0.15, 0.2) is 24.3 Å². The Kier molecular flexibility index (Phi) is 2.20. The van der Waals surface area contributed by atoms with E-state index in [2.05, 4.69) is 22.7 Å². The second-order valence-corrected chi connectivity index (χ2v) is 5.84. The molecule has 3 fully saturated rings. The van der Waals surface area contributed by atoms with Crippen molar-refractivity contribution < 1.29 is 4.79 Å². The van der Waals surface area contributed by atoms with Gasteiger partial charge < -0.3 is 4.90 Å². The van der Waals surface area contributed by atoms with Gasteiger partial charge in [0.15, 0.2) is 0 Å². The van der Waals surface area contributed by atoms with Crippen molar-refractivity contribution in [2.24, 2.45) is 0 Å². The molecule has 2 atom stereocenters. The summed E-state index contributed by atoms with van der Waals surface area (Å²) in [5, 5.41) is 1.65. The average molecular weight is 219 g/mol. The van der Waals surface area contributed by atoms with E-state index in [0.29, 0.717) is 0 Å². The van der Waals surface area contributed by atoms with Crippen LogP contribution in [-0.2, 0) is 0 Å². The van der Waals surface area contributed by atoms with E-state index in [1.165, 1.54) is 12.1 Å². The Morgan fingerprint density at radius 2 is 2.07 bits per heavy atom. The van der Waals surface area contributed by atoms with Gasteiger partial charge in [-0.15, -0.1) is 0 Å². The predicted molar refractivity (Wildman–Crippen MR) is 63.8 cm³/mol. The van der Waals surface area contributed by atoms with Crippen molar-refractivity contribution in [1.82, 2.24) is 0 Å². The first kappa shape index (κ1) is 9.28. The topological polar surface area (TPSA) is 20.3 Å². The zero-order valence-electron chi connectivity index (χ0n) is 8.43. The molecule has 2 unspecified atom stereocenters. The van der Waals surface area contributed by atoms with E-state index in [4.69, 9.17) is 0 Å². The van der Waals surface area contributed by atoms with Crippen molar-refractivity contribution >= 4 is 23.7 Å². The molecule has 0 radical (unpaired) electrons. The minimum absolute atomic E-state index is 0.777. The van der Waals surface area contributed by atoms with Gasteiger partial charge in [0.25, 0.3) is 0 Å². The summed E-state index contributed by atoms with van der Waals surface area (Å²) in [5.41, 5.74) is 1.98. The number of piperidine rings is 1. The molecular weight excluding hydrogens is 206 g/mol. The van der Waals surface area contributed by atoms with Gasteiger partial charge in [-0.1, -0.05) is 12.1 Å². The summed E-state index contributed by atoms with van der Waals surface area (Å²) >= 11 is 2.11. The Balaban J connectivity index is 1.82. The molecule has 0 aliphatic carbocycles. The highest BCUT2D eigenvalue weighted by atomic mass is 32.2. The maximum Gasteiger partial charge on any atom is 0.150 e. The fraction of sp³-hybridized carbons (Fsp3) is 0.417. The summed E-state index contributed by atoms with van der Waals surface area (Å²) in [7, 11) is 0. The monoisotopic (exact) mass is 219 g/mol. The van der Waals surface area contributed by atoms with E-state index in [1.807, 2.05) is 18.2 Å². The van der Waals surface area contributed by atoms with Crippen LogP contribution < -0.4 is 4.90 Å². The van der Waals surface area contributed by atoms with Crippen LogP contribution in [0.25, 0.3) is 0 Å². The first-order valence-electron chi connectivity index (χ1n) is 5.31. The van der Waals surface area contributed by atoms with Gasteiger partial charge in [0.05, 0.1) is 0 Å². The average Bonchev–Trinajstić information content (AvgIpc) is 2.28. The SMILES string of the molecule is O=Cc1cccc(N2CC3CC(C2)S3)c1. The van der Waals surface area contributed by atoms with Gasteiger partial charge in [-0.05, 0) is 18.6 Å². The Morgan fingerprint density at radius 3 is 2.73 bits per heavy atom. The lowest BCUT2D eigenvalue weighted by atomic mass is 10.1. The Hall–Kier alpha value is -0.960. The van der Waals surface area contributed by atoms with Gasteiger partial charge in [0, 0.05) is 34.8 Å². The molecule has 78 valence electrons. The fourth-order valence-electron chi connectivity index (χ4n) is 2.36. The highest BCUT2D eigenvalue weighted by Crippen LogP contribution is 2.42. The van der Waals surface area contributed by atoms with Gasteiger partial charge in [-0.2, -0.15) is 11.8 Å². The summed E-state index contributed by atoms with van der Waals surface area (Å²) in [6.45, 7) is 2.28. The molecule has 2 bridgehead atoms. The van der Waals surface area contributed by atoms with Crippen LogP contribution in [-0.4, -0.2) is 29.9 Å². The van der Waals surface area contributed by atoms with Gasteiger partial charge in [-0.3, -0.25) is 4.79 Å². The fourth-order valence-corrected chi connectivity index (χ4v) is 3.77. The minimum Gasteiger partial charge on any atom is -0.369 e. The summed E-state index contributed by atoms with van der Waals surface area (Å²) in [5.74, 6) is 0. The lowest BCUT2D eigenvalue weighted by Crippen LogP contribution is -2.51. The Labute approximate surface area is 93.7 Å². The van der Waals surface area contributed by atoms with Crippen LogP contribution in [0, 0.1) is 0 Å². The predicted octanol–water partition coefficient (Wildman–Crippen LogP) is 2.19. The number of thioether (sulfide) groups is 1. The Bertz CT molecular complexity index is 377. The van der Waals surface area contributed by atoms with E-state index >= 15 is 0 Å². The quantitative estimate of drug-likeness (QED) is 0.711. The largest absolute Gasteiger partial charge is 0.369 e. The third-order valence-corrected chi connectivity index (χ3v) is 4.58. The molecule has 0 amide bonds. The van der Waals surface area contributed by atoms with E-state index in [0.717, 1.165) is 35.4 Å². The molecule has 0 aromatic heterocycles. The zero-order chi connectivity index (χ0) is 10.3. The number of nitrogens with zero attached hydrogens (tertiary/aromatic N) is 1. The van der Waals surface area contributed by atoms with Crippen LogP contribution in [0.1, 0.15) is 16.8 Å². The third-order valence-electron chi connectivity index (χ3n) is 3.13. The molecule has 1 aromatic carbocycles. The molecule has 4 rings (SSSR count). The minimum atomic E-state index is 0.777. The van der Waals surface area contributed by atoms with Crippen LogP contribution in [0.5, 0.6) is 0 Å². The number of anilines is 1. The number of benzene rings is 1. The lowest BCUT2D eigenvalue weighted by Gasteiger charge is -2.47. The normalized spacial score (nSPS) is 28.4. The summed E-state index contributed by atoms with van der Waals surface area (Å²) < 4.78 is 0. The summed E-state index contributed by atoms with van der Waals surface area (Å²) in [6.07, 6.45) is 2.30. The maximum absolute atomic E-state index is 10.7. The molecule has 3 heteroatoms. The first-order chi connectivity index (χ1) is 7.35. The third kappa shape index (κ3) is 1.65. The molecule has 0 saturated carbocycles. The standard InChI is InChI=1S/C12H13NOS/c14-8-9-2-1-3-10(4-9)13-6-11-5-12(7-13)15-11/h1-4,8,11-12H,5-7H2. The highest BCUT2D eigenvalue weighted by Gasteiger charge is 2.37. The van der Waals surface area contributed by atoms with Crippen molar-refractivity contribution in [2.45, 2.75) is 16.9 Å². The first-order valence-corrected chi connectivity index (χ1v) is 6.25. The van der Waals surface area contributed by atoms with Crippen LogP contribution >= 0.6 is 11.8 Å². The molecule has 0 spiro atoms. The molecular formula is C12H13NOS. The second kappa shape index (κ2) is 3.56. The molecule has 3 aliphatic rings. The van der Waals surface area contributed by atoms with E-state index in [1.54, 1.807) is 0 Å². The van der Waals surface area contributed by atoms with E-state index in [-0.39, 0.29) is 0 Å². The van der Waals surface area contributed by atoms with Gasteiger partial charge in [-0.25, -0.2) is 0 Å². The van der Waals surface area contributed by atoms with Crippen LogP contribution in [0.3, 0.4) is 0 Å². The number of hydrogen-bond acceptors (Lipinski definition) is 3. The number of carbonyl (C=O) groups is 1. The highest BCUT2D eigenvalue weighted by molar-refractivity contribution is 8.02. The number of carbonyl (C=O) groups excluding carboxylic acids is 1. The van der Waals surface area contributed by atoms with Gasteiger partial charge in [0.1, 0.15) is 6.29 Å². The molecule has 2 nitrogen and oxygen atoms in total. The summed E-state index contributed by atoms with van der Waals surface area (Å²) in [6, 6.07) is 7.91. The number of hydrogen-bond donors (Lipinski definition) is 0. The van der Waals surface area contributed by atoms with Crippen molar-refractivity contribution in [3.05, 3.63) is 29.8 Å². The van der Waals surface area contributed by atoms with Gasteiger partial charge in [0.2, 0.25) is 0 Å². The molecule has 15 heavy (non-hydrogen) atoms. The smallest absolute Gasteiger partial charge is 0.150 e. The molecule has 0 N–H and O–H groups in total. The zero-order valence-corrected chi connectivity index (χ0v) is 9.24. The van der Waals surface area contributed by atoms with Crippen molar-refractivity contribution in [1.29, 1.82) is 0 Å². The number of rotatable bonds is 2. The Morgan fingerprint density at radius 1 is 1.33 bits per heavy atom. The second-order valence-electron chi connectivity index (χ2n) is 4.23. The molecule has 3 saturated heterocycles. The van der Waals surface area contributed by atoms with Crippen molar-refractivity contribution in [3.8, 4) is 0 Å². The van der Waals surface area contributed by atoms with Crippen molar-refractivity contribution in [3.63, 3.8) is 0 Å². The van der Waals surface area contributed by atoms with Crippen LogP contribution in [0.4, 0.5) is 5.69 Å². The number of fused-ring (bicyclic) bond motifs is 2. The van der Waals surface area contributed by atoms with Gasteiger partial charge >= 0.3 is 0 Å². The van der Waals surface area contributed by atoms with E-state index < -0.39 is 0 Å².